The summed E-state index contributed by atoms with van der Waals surface area (Å²) in [5.41, 5.74) is 2.73. The van der Waals surface area contributed by atoms with Gasteiger partial charge in [0.1, 0.15) is 0 Å². The highest BCUT2D eigenvalue weighted by Gasteiger charge is 2.17. The van der Waals surface area contributed by atoms with Crippen LogP contribution in [0.4, 0.5) is 0 Å². The summed E-state index contributed by atoms with van der Waals surface area (Å²) in [4.78, 5) is 20.5. The van der Waals surface area contributed by atoms with E-state index in [1.165, 1.54) is 0 Å². The van der Waals surface area contributed by atoms with Gasteiger partial charge in [-0.25, -0.2) is 9.97 Å². The van der Waals surface area contributed by atoms with Gasteiger partial charge >= 0.3 is 5.97 Å². The van der Waals surface area contributed by atoms with Crippen LogP contribution in [-0.4, -0.2) is 22.5 Å². The van der Waals surface area contributed by atoms with Crippen molar-refractivity contribution in [3.05, 3.63) is 47.8 Å². The van der Waals surface area contributed by atoms with Crippen LogP contribution in [0.25, 0.3) is 11.4 Å². The number of ether oxygens (including phenoxy) is 1. The Morgan fingerprint density at radius 3 is 2.85 bits per heavy atom. The van der Waals surface area contributed by atoms with Crippen LogP contribution in [0.15, 0.2) is 36.5 Å². The Morgan fingerprint density at radius 1 is 1.35 bits per heavy atom. The number of aryl methyl sites for hydroxylation is 1. The summed E-state index contributed by atoms with van der Waals surface area (Å²) in [5.74, 6) is 0.164. The lowest BCUT2D eigenvalue weighted by atomic mass is 9.99. The summed E-state index contributed by atoms with van der Waals surface area (Å²) in [6.45, 7) is 5.97. The van der Waals surface area contributed by atoms with Crippen molar-refractivity contribution < 1.29 is 9.53 Å². The Morgan fingerprint density at radius 2 is 2.15 bits per heavy atom. The summed E-state index contributed by atoms with van der Waals surface area (Å²) < 4.78 is 5.05. The molecule has 0 bridgehead atoms. The highest BCUT2D eigenvalue weighted by atomic mass is 16.5. The Labute approximate surface area is 118 Å². The minimum atomic E-state index is -0.292. The molecule has 1 atom stereocenters. The number of rotatable bonds is 4. The standard InChI is InChI=1S/C16H18N2O2/c1-4-20-16(19)12(3)13-6-5-7-14(10-13)15-17-9-8-11(2)18-15/h5-10,12H,4H2,1-3H3. The first-order valence-corrected chi connectivity index (χ1v) is 6.68. The third-order valence-electron chi connectivity index (χ3n) is 3.08. The van der Waals surface area contributed by atoms with Gasteiger partial charge in [0.25, 0.3) is 0 Å². The largest absolute Gasteiger partial charge is 0.466 e. The van der Waals surface area contributed by atoms with Crippen LogP contribution in [0.2, 0.25) is 0 Å². The SMILES string of the molecule is CCOC(=O)C(C)c1cccc(-c2nccc(C)n2)c1. The van der Waals surface area contributed by atoms with E-state index >= 15 is 0 Å². The molecule has 0 aliphatic rings. The van der Waals surface area contributed by atoms with Crippen molar-refractivity contribution in [1.82, 2.24) is 9.97 Å². The summed E-state index contributed by atoms with van der Waals surface area (Å²) >= 11 is 0. The molecule has 4 heteroatoms. The van der Waals surface area contributed by atoms with Gasteiger partial charge in [-0.2, -0.15) is 0 Å². The molecule has 1 unspecified atom stereocenters. The van der Waals surface area contributed by atoms with Gasteiger partial charge in [0.2, 0.25) is 0 Å². The second-order valence-corrected chi connectivity index (χ2v) is 4.62. The van der Waals surface area contributed by atoms with Crippen molar-refractivity contribution in [3.8, 4) is 11.4 Å². The lowest BCUT2D eigenvalue weighted by molar-refractivity contribution is -0.144. The van der Waals surface area contributed by atoms with Crippen LogP contribution in [0.3, 0.4) is 0 Å². The average Bonchev–Trinajstić information content (AvgIpc) is 2.47. The molecule has 1 aromatic heterocycles. The number of carbonyl (C=O) groups is 1. The Kier molecular flexibility index (Phi) is 4.45. The van der Waals surface area contributed by atoms with Crippen molar-refractivity contribution in [2.75, 3.05) is 6.61 Å². The third kappa shape index (κ3) is 3.20. The molecule has 1 aromatic carbocycles. The maximum atomic E-state index is 11.8. The number of nitrogens with zero attached hydrogens (tertiary/aromatic N) is 2. The molecule has 0 aliphatic heterocycles. The lowest BCUT2D eigenvalue weighted by Crippen LogP contribution is -2.13. The van der Waals surface area contributed by atoms with E-state index in [0.29, 0.717) is 12.4 Å². The fourth-order valence-corrected chi connectivity index (χ4v) is 1.94. The van der Waals surface area contributed by atoms with E-state index in [0.717, 1.165) is 16.8 Å². The highest BCUT2D eigenvalue weighted by Crippen LogP contribution is 2.22. The monoisotopic (exact) mass is 270 g/mol. The van der Waals surface area contributed by atoms with Crippen molar-refractivity contribution in [3.63, 3.8) is 0 Å². The van der Waals surface area contributed by atoms with E-state index in [2.05, 4.69) is 9.97 Å². The number of benzene rings is 1. The molecule has 1 heterocycles. The van der Waals surface area contributed by atoms with Gasteiger partial charge < -0.3 is 4.74 Å². The van der Waals surface area contributed by atoms with Gasteiger partial charge in [0.05, 0.1) is 12.5 Å². The van der Waals surface area contributed by atoms with Crippen molar-refractivity contribution in [1.29, 1.82) is 0 Å². The first-order valence-electron chi connectivity index (χ1n) is 6.68. The molecule has 0 N–H and O–H groups in total. The quantitative estimate of drug-likeness (QED) is 0.801. The van der Waals surface area contributed by atoms with Gasteiger partial charge in [-0.15, -0.1) is 0 Å². The van der Waals surface area contributed by atoms with Crippen LogP contribution in [0, 0.1) is 6.92 Å². The molecule has 0 amide bonds. The minimum absolute atomic E-state index is 0.213. The second-order valence-electron chi connectivity index (χ2n) is 4.62. The smallest absolute Gasteiger partial charge is 0.313 e. The van der Waals surface area contributed by atoms with Gasteiger partial charge in [-0.05, 0) is 38.5 Å². The average molecular weight is 270 g/mol. The van der Waals surface area contributed by atoms with Crippen LogP contribution >= 0.6 is 0 Å². The summed E-state index contributed by atoms with van der Waals surface area (Å²) in [5, 5.41) is 0. The number of hydrogen-bond donors (Lipinski definition) is 0. The summed E-state index contributed by atoms with van der Waals surface area (Å²) in [6, 6.07) is 9.56. The molecule has 2 aromatic rings. The zero-order valence-corrected chi connectivity index (χ0v) is 12.0. The van der Waals surface area contributed by atoms with E-state index in [9.17, 15) is 4.79 Å². The van der Waals surface area contributed by atoms with E-state index in [-0.39, 0.29) is 11.9 Å². The molecule has 0 saturated heterocycles. The van der Waals surface area contributed by atoms with E-state index < -0.39 is 0 Å². The first kappa shape index (κ1) is 14.2. The van der Waals surface area contributed by atoms with Crippen LogP contribution in [0.1, 0.15) is 31.0 Å². The Balaban J connectivity index is 2.30. The van der Waals surface area contributed by atoms with Crippen molar-refractivity contribution >= 4 is 5.97 Å². The topological polar surface area (TPSA) is 52.1 Å². The molecular formula is C16H18N2O2. The molecule has 0 fully saturated rings. The normalized spacial score (nSPS) is 11.9. The number of esters is 1. The minimum Gasteiger partial charge on any atom is -0.466 e. The molecule has 0 aliphatic carbocycles. The van der Waals surface area contributed by atoms with Crippen molar-refractivity contribution in [2.45, 2.75) is 26.7 Å². The number of aromatic nitrogens is 2. The lowest BCUT2D eigenvalue weighted by Gasteiger charge is -2.11. The fraction of sp³-hybridized carbons (Fsp3) is 0.312. The summed E-state index contributed by atoms with van der Waals surface area (Å²) in [6.07, 6.45) is 1.74. The Bertz CT molecular complexity index is 611. The number of carbonyl (C=O) groups excluding carboxylic acids is 1. The van der Waals surface area contributed by atoms with Crippen LogP contribution in [0.5, 0.6) is 0 Å². The molecule has 0 radical (unpaired) electrons. The van der Waals surface area contributed by atoms with E-state index in [4.69, 9.17) is 4.74 Å². The van der Waals surface area contributed by atoms with Crippen molar-refractivity contribution in [2.24, 2.45) is 0 Å². The second kappa shape index (κ2) is 6.28. The zero-order valence-electron chi connectivity index (χ0n) is 12.0. The van der Waals surface area contributed by atoms with E-state index in [1.54, 1.807) is 6.20 Å². The van der Waals surface area contributed by atoms with Gasteiger partial charge in [0, 0.05) is 17.5 Å². The van der Waals surface area contributed by atoms with E-state index in [1.807, 2.05) is 51.1 Å². The van der Waals surface area contributed by atoms with Gasteiger partial charge in [-0.3, -0.25) is 4.79 Å². The highest BCUT2D eigenvalue weighted by molar-refractivity contribution is 5.78. The fourth-order valence-electron chi connectivity index (χ4n) is 1.94. The van der Waals surface area contributed by atoms with Gasteiger partial charge in [-0.1, -0.05) is 18.2 Å². The molecule has 4 nitrogen and oxygen atoms in total. The van der Waals surface area contributed by atoms with Crippen LogP contribution in [-0.2, 0) is 9.53 Å². The maximum absolute atomic E-state index is 11.8. The molecule has 0 saturated carbocycles. The molecule has 2 rings (SSSR count). The molecule has 104 valence electrons. The van der Waals surface area contributed by atoms with Gasteiger partial charge in [0.15, 0.2) is 5.82 Å². The maximum Gasteiger partial charge on any atom is 0.313 e. The molecular weight excluding hydrogens is 252 g/mol. The number of hydrogen-bond acceptors (Lipinski definition) is 4. The first-order chi connectivity index (χ1) is 9.61. The predicted octanol–water partition coefficient (Wildman–Crippen LogP) is 3.12. The third-order valence-corrected chi connectivity index (χ3v) is 3.08. The molecule has 20 heavy (non-hydrogen) atoms. The van der Waals surface area contributed by atoms with Crippen LogP contribution < -0.4 is 0 Å². The Hall–Kier alpha value is -2.23. The predicted molar refractivity (Wildman–Crippen MR) is 77.3 cm³/mol. The molecule has 0 spiro atoms. The summed E-state index contributed by atoms with van der Waals surface area (Å²) in [7, 11) is 0. The zero-order chi connectivity index (χ0) is 14.5.